The number of rotatable bonds is 6. The van der Waals surface area contributed by atoms with Crippen molar-refractivity contribution in [3.8, 4) is 0 Å². The van der Waals surface area contributed by atoms with E-state index in [1.807, 2.05) is 0 Å². The quantitative estimate of drug-likeness (QED) is 0.642. The number of amides is 2. The Morgan fingerprint density at radius 3 is 2.56 bits per heavy atom. The summed E-state index contributed by atoms with van der Waals surface area (Å²) in [5.74, 6) is -0.238. The fourth-order valence-electron chi connectivity index (χ4n) is 1.72. The van der Waals surface area contributed by atoms with Crippen LogP contribution in [0.3, 0.4) is 0 Å². The number of carbonyl (C=O) groups excluding carboxylic acids is 1. The van der Waals surface area contributed by atoms with Crippen molar-refractivity contribution < 1.29 is 14.7 Å². The van der Waals surface area contributed by atoms with Crippen molar-refractivity contribution in [3.63, 3.8) is 0 Å². The van der Waals surface area contributed by atoms with Gasteiger partial charge in [0.05, 0.1) is 0 Å². The number of aliphatic carboxylic acids is 1. The van der Waals surface area contributed by atoms with Crippen LogP contribution >= 0.6 is 0 Å². The minimum atomic E-state index is -0.989. The summed E-state index contributed by atoms with van der Waals surface area (Å²) in [6.07, 6.45) is 5.21. The van der Waals surface area contributed by atoms with Crippen molar-refractivity contribution in [1.82, 2.24) is 10.6 Å². The van der Waals surface area contributed by atoms with Gasteiger partial charge in [0.15, 0.2) is 0 Å². The number of carboxylic acids is 1. The molecule has 0 saturated heterocycles. The normalized spacial score (nSPS) is 17.3. The topological polar surface area (TPSA) is 78.4 Å². The maximum absolute atomic E-state index is 11.3. The highest BCUT2D eigenvalue weighted by Crippen LogP contribution is 2.28. The zero-order valence-corrected chi connectivity index (χ0v) is 9.66. The number of carboxylic acid groups (broad SMARTS) is 1. The standard InChI is InChI=1S/C11H20N2O3/c1-2-9(10(14)15)13-11(16)12-7-6-8-4-3-5-8/h8-9H,2-7H2,1H3,(H,14,15)(H2,12,13,16)/t9-/m1/s1. The van der Waals surface area contributed by atoms with E-state index in [1.165, 1.54) is 19.3 Å². The van der Waals surface area contributed by atoms with E-state index in [4.69, 9.17) is 5.11 Å². The van der Waals surface area contributed by atoms with Gasteiger partial charge in [-0.3, -0.25) is 0 Å². The van der Waals surface area contributed by atoms with Crippen molar-refractivity contribution in [1.29, 1.82) is 0 Å². The van der Waals surface area contributed by atoms with Crippen LogP contribution in [0.25, 0.3) is 0 Å². The van der Waals surface area contributed by atoms with E-state index < -0.39 is 12.0 Å². The second-order valence-corrected chi connectivity index (χ2v) is 4.28. The zero-order chi connectivity index (χ0) is 12.0. The summed E-state index contributed by atoms with van der Waals surface area (Å²) >= 11 is 0. The van der Waals surface area contributed by atoms with E-state index in [1.54, 1.807) is 6.92 Å². The number of carbonyl (C=O) groups is 2. The first-order chi connectivity index (χ1) is 7.63. The molecule has 5 heteroatoms. The molecular weight excluding hydrogens is 208 g/mol. The molecule has 1 rings (SSSR count). The fraction of sp³-hybridized carbons (Fsp3) is 0.818. The van der Waals surface area contributed by atoms with Gasteiger partial charge in [0.2, 0.25) is 0 Å². The Kier molecular flexibility index (Phi) is 5.08. The molecule has 1 fully saturated rings. The van der Waals surface area contributed by atoms with Crippen LogP contribution in [-0.2, 0) is 4.79 Å². The van der Waals surface area contributed by atoms with Gasteiger partial charge < -0.3 is 15.7 Å². The Morgan fingerprint density at radius 1 is 1.44 bits per heavy atom. The molecule has 1 aliphatic rings. The summed E-state index contributed by atoms with van der Waals surface area (Å²) in [5.41, 5.74) is 0. The molecule has 0 aromatic rings. The number of hydrogen-bond acceptors (Lipinski definition) is 2. The molecule has 5 nitrogen and oxygen atoms in total. The predicted octanol–water partition coefficient (Wildman–Crippen LogP) is 1.34. The van der Waals surface area contributed by atoms with Crippen LogP contribution in [0.5, 0.6) is 0 Å². The molecular formula is C11H20N2O3. The summed E-state index contributed by atoms with van der Waals surface area (Å²) in [5, 5.41) is 13.9. The first kappa shape index (κ1) is 12.8. The SMILES string of the molecule is CC[C@@H](NC(=O)NCCC1CCC1)C(=O)O. The number of nitrogens with one attached hydrogen (secondary N) is 2. The average molecular weight is 228 g/mol. The van der Waals surface area contributed by atoms with E-state index >= 15 is 0 Å². The fourth-order valence-corrected chi connectivity index (χ4v) is 1.72. The summed E-state index contributed by atoms with van der Waals surface area (Å²) in [6.45, 7) is 2.36. The van der Waals surface area contributed by atoms with Crippen LogP contribution in [-0.4, -0.2) is 29.7 Å². The summed E-state index contributed by atoms with van der Waals surface area (Å²) < 4.78 is 0. The Morgan fingerprint density at radius 2 is 2.12 bits per heavy atom. The van der Waals surface area contributed by atoms with Gasteiger partial charge in [-0.1, -0.05) is 26.2 Å². The molecule has 0 spiro atoms. The third-order valence-corrected chi connectivity index (χ3v) is 3.07. The molecule has 3 N–H and O–H groups in total. The van der Waals surface area contributed by atoms with E-state index in [-0.39, 0.29) is 6.03 Å². The summed E-state index contributed by atoms with van der Waals surface area (Å²) in [4.78, 5) is 22.0. The monoisotopic (exact) mass is 228 g/mol. The molecule has 92 valence electrons. The van der Waals surface area contributed by atoms with Crippen molar-refractivity contribution in [2.24, 2.45) is 5.92 Å². The number of hydrogen-bond donors (Lipinski definition) is 3. The maximum atomic E-state index is 11.3. The van der Waals surface area contributed by atoms with Gasteiger partial charge in [-0.05, 0) is 18.8 Å². The maximum Gasteiger partial charge on any atom is 0.326 e. The van der Waals surface area contributed by atoms with Crippen LogP contribution in [0, 0.1) is 5.92 Å². The smallest absolute Gasteiger partial charge is 0.326 e. The van der Waals surface area contributed by atoms with Gasteiger partial charge in [-0.15, -0.1) is 0 Å². The third-order valence-electron chi connectivity index (χ3n) is 3.07. The highest BCUT2D eigenvalue weighted by Gasteiger charge is 2.19. The van der Waals surface area contributed by atoms with Crippen molar-refractivity contribution in [3.05, 3.63) is 0 Å². The summed E-state index contributed by atoms with van der Waals surface area (Å²) in [6, 6.07) is -1.17. The van der Waals surface area contributed by atoms with E-state index in [0.29, 0.717) is 13.0 Å². The van der Waals surface area contributed by atoms with Gasteiger partial charge in [0.25, 0.3) is 0 Å². The molecule has 1 aliphatic carbocycles. The minimum absolute atomic E-state index is 0.381. The predicted molar refractivity (Wildman–Crippen MR) is 60.2 cm³/mol. The first-order valence-corrected chi connectivity index (χ1v) is 5.90. The molecule has 1 atom stereocenters. The highest BCUT2D eigenvalue weighted by atomic mass is 16.4. The third kappa shape index (κ3) is 4.08. The Hall–Kier alpha value is -1.26. The molecule has 0 radical (unpaired) electrons. The van der Waals surface area contributed by atoms with Crippen LogP contribution in [0.15, 0.2) is 0 Å². The highest BCUT2D eigenvalue weighted by molar-refractivity contribution is 5.82. The largest absolute Gasteiger partial charge is 0.480 e. The molecule has 0 aliphatic heterocycles. The average Bonchev–Trinajstić information content (AvgIpc) is 2.17. The molecule has 0 aromatic carbocycles. The molecule has 0 bridgehead atoms. The lowest BCUT2D eigenvalue weighted by Crippen LogP contribution is -2.46. The molecule has 0 aromatic heterocycles. The number of urea groups is 1. The van der Waals surface area contributed by atoms with Gasteiger partial charge in [-0.2, -0.15) is 0 Å². The molecule has 16 heavy (non-hydrogen) atoms. The lowest BCUT2D eigenvalue weighted by atomic mass is 9.83. The second kappa shape index (κ2) is 6.35. The Bertz CT molecular complexity index is 252. The van der Waals surface area contributed by atoms with Crippen molar-refractivity contribution >= 4 is 12.0 Å². The van der Waals surface area contributed by atoms with E-state index in [0.717, 1.165) is 12.3 Å². The molecule has 0 heterocycles. The van der Waals surface area contributed by atoms with Crippen molar-refractivity contribution in [2.75, 3.05) is 6.54 Å². The minimum Gasteiger partial charge on any atom is -0.480 e. The van der Waals surface area contributed by atoms with E-state index in [9.17, 15) is 9.59 Å². The van der Waals surface area contributed by atoms with Gasteiger partial charge in [0.1, 0.15) is 6.04 Å². The zero-order valence-electron chi connectivity index (χ0n) is 9.66. The first-order valence-electron chi connectivity index (χ1n) is 5.90. The van der Waals surface area contributed by atoms with Gasteiger partial charge in [-0.25, -0.2) is 9.59 Å². The lowest BCUT2D eigenvalue weighted by molar-refractivity contribution is -0.139. The van der Waals surface area contributed by atoms with Crippen LogP contribution in [0.2, 0.25) is 0 Å². The van der Waals surface area contributed by atoms with Crippen LogP contribution < -0.4 is 10.6 Å². The van der Waals surface area contributed by atoms with Crippen LogP contribution in [0.1, 0.15) is 39.0 Å². The van der Waals surface area contributed by atoms with Crippen molar-refractivity contribution in [2.45, 2.75) is 45.1 Å². The Balaban J connectivity index is 2.11. The summed E-state index contributed by atoms with van der Waals surface area (Å²) in [7, 11) is 0. The molecule has 1 saturated carbocycles. The molecule has 2 amide bonds. The van der Waals surface area contributed by atoms with Gasteiger partial charge >= 0.3 is 12.0 Å². The van der Waals surface area contributed by atoms with Gasteiger partial charge in [0, 0.05) is 6.54 Å². The molecule has 0 unspecified atom stereocenters. The Labute approximate surface area is 95.6 Å². The lowest BCUT2D eigenvalue weighted by Gasteiger charge is -2.25. The van der Waals surface area contributed by atoms with Crippen LogP contribution in [0.4, 0.5) is 4.79 Å². The second-order valence-electron chi connectivity index (χ2n) is 4.28. The van der Waals surface area contributed by atoms with E-state index in [2.05, 4.69) is 10.6 Å².